The van der Waals surface area contributed by atoms with Gasteiger partial charge in [-0.05, 0) is 75.4 Å². The molecule has 2 aromatic heterocycles. The van der Waals surface area contributed by atoms with Crippen LogP contribution in [0.2, 0.25) is 0 Å². The molecule has 0 atom stereocenters. The van der Waals surface area contributed by atoms with E-state index in [9.17, 15) is 23.6 Å². The Balaban J connectivity index is 1.65. The van der Waals surface area contributed by atoms with Crippen LogP contribution in [0, 0.1) is 25.6 Å². The number of pyridine rings is 1. The van der Waals surface area contributed by atoms with Crippen molar-refractivity contribution in [1.29, 1.82) is 0 Å². The molecule has 0 radical (unpaired) electrons. The Morgan fingerprint density at radius 3 is 2.38 bits per heavy atom. The monoisotopic (exact) mass is 529 g/mol. The third-order valence-corrected chi connectivity index (χ3v) is 7.45. The van der Waals surface area contributed by atoms with Crippen LogP contribution in [0.5, 0.6) is 0 Å². The lowest BCUT2D eigenvalue weighted by molar-refractivity contribution is -0.117. The second kappa shape index (κ2) is 9.07. The number of anilines is 3. The minimum Gasteiger partial charge on any atom is -0.338 e. The van der Waals surface area contributed by atoms with Crippen LogP contribution in [0.25, 0.3) is 16.6 Å². The highest BCUT2D eigenvalue weighted by molar-refractivity contribution is 5.95. The lowest BCUT2D eigenvalue weighted by Crippen LogP contribution is -2.41. The first-order valence-electron chi connectivity index (χ1n) is 13.0. The molecule has 39 heavy (non-hydrogen) atoms. The molecule has 2 saturated carbocycles. The number of rotatable bonds is 6. The second-order valence-corrected chi connectivity index (χ2v) is 10.5. The molecule has 4 aromatic rings. The van der Waals surface area contributed by atoms with Gasteiger partial charge in [-0.2, -0.15) is 0 Å². The SMILES string of the molecule is Cc1ccc(Nc2c3c(=O)n(C4CC4)c(=O)n(-c4cccc(NC(=O)C5CC5)c4)c3c(C)c(=O)n2C)c(F)c1. The average molecular weight is 530 g/mol. The Hall–Kier alpha value is -4.47. The van der Waals surface area contributed by atoms with Crippen molar-refractivity contribution in [3.63, 3.8) is 0 Å². The maximum atomic E-state index is 14.9. The number of amides is 1. The van der Waals surface area contributed by atoms with E-state index in [0.717, 1.165) is 18.4 Å². The van der Waals surface area contributed by atoms with Gasteiger partial charge in [0.1, 0.15) is 17.0 Å². The summed E-state index contributed by atoms with van der Waals surface area (Å²) in [7, 11) is 1.51. The lowest BCUT2D eigenvalue weighted by atomic mass is 10.1. The normalized spacial score (nSPS) is 15.0. The molecule has 2 N–H and O–H groups in total. The van der Waals surface area contributed by atoms with E-state index in [4.69, 9.17) is 0 Å². The van der Waals surface area contributed by atoms with Gasteiger partial charge in [-0.25, -0.2) is 9.18 Å². The highest BCUT2D eigenvalue weighted by Crippen LogP contribution is 2.34. The van der Waals surface area contributed by atoms with Gasteiger partial charge >= 0.3 is 5.69 Å². The topological polar surface area (TPSA) is 107 Å². The fourth-order valence-electron chi connectivity index (χ4n) is 5.02. The van der Waals surface area contributed by atoms with Crippen LogP contribution >= 0.6 is 0 Å². The number of nitrogens with one attached hydrogen (secondary N) is 2. The smallest absolute Gasteiger partial charge is 0.336 e. The number of benzene rings is 2. The molecule has 0 saturated heterocycles. The number of nitrogens with zero attached hydrogens (tertiary/aromatic N) is 3. The van der Waals surface area contributed by atoms with Crippen molar-refractivity contribution in [2.45, 2.75) is 45.6 Å². The Morgan fingerprint density at radius 1 is 0.974 bits per heavy atom. The van der Waals surface area contributed by atoms with Gasteiger partial charge in [0.2, 0.25) is 5.91 Å². The van der Waals surface area contributed by atoms with Crippen molar-refractivity contribution in [1.82, 2.24) is 13.7 Å². The predicted octanol–water partition coefficient (Wildman–Crippen LogP) is 4.03. The van der Waals surface area contributed by atoms with Gasteiger partial charge < -0.3 is 10.6 Å². The minimum atomic E-state index is -0.565. The van der Waals surface area contributed by atoms with Gasteiger partial charge in [0.25, 0.3) is 11.1 Å². The molecule has 2 aliphatic carbocycles. The first kappa shape index (κ1) is 24.8. The van der Waals surface area contributed by atoms with Gasteiger partial charge in [0.05, 0.1) is 16.9 Å². The highest BCUT2D eigenvalue weighted by atomic mass is 19.1. The standard InChI is InChI=1S/C29H28FN5O4/c1-15-7-12-22(21(30)13-15)32-25-23-24(16(2)27(37)33(25)3)34(29(39)35(28(23)38)19-10-11-19)20-6-4-5-18(14-20)31-26(36)17-8-9-17/h4-7,12-14,17,19,32H,8-11H2,1-3H3,(H,31,36). The Bertz CT molecular complexity index is 1860. The third-order valence-electron chi connectivity index (χ3n) is 7.45. The molecule has 200 valence electrons. The van der Waals surface area contributed by atoms with Crippen LogP contribution in [0.3, 0.4) is 0 Å². The van der Waals surface area contributed by atoms with Crippen LogP contribution in [-0.4, -0.2) is 19.6 Å². The van der Waals surface area contributed by atoms with E-state index in [2.05, 4.69) is 10.6 Å². The molecular formula is C29H28FN5O4. The van der Waals surface area contributed by atoms with Crippen molar-refractivity contribution < 1.29 is 9.18 Å². The van der Waals surface area contributed by atoms with Crippen LogP contribution in [0.1, 0.15) is 42.9 Å². The van der Waals surface area contributed by atoms with Crippen LogP contribution in [-0.2, 0) is 11.8 Å². The van der Waals surface area contributed by atoms with Crippen molar-refractivity contribution in [3.8, 4) is 5.69 Å². The van der Waals surface area contributed by atoms with Crippen molar-refractivity contribution >= 4 is 34.0 Å². The molecule has 0 spiro atoms. The lowest BCUT2D eigenvalue weighted by Gasteiger charge is -2.21. The molecule has 2 aromatic carbocycles. The maximum absolute atomic E-state index is 14.9. The van der Waals surface area contributed by atoms with E-state index >= 15 is 0 Å². The molecule has 1 amide bonds. The van der Waals surface area contributed by atoms with E-state index in [1.165, 1.54) is 26.8 Å². The zero-order valence-corrected chi connectivity index (χ0v) is 21.9. The summed E-state index contributed by atoms with van der Waals surface area (Å²) in [4.78, 5) is 53.6. The Kier molecular flexibility index (Phi) is 5.78. The minimum absolute atomic E-state index is 0.00458. The summed E-state index contributed by atoms with van der Waals surface area (Å²) >= 11 is 0. The van der Waals surface area contributed by atoms with Gasteiger partial charge in [-0.1, -0.05) is 12.1 Å². The van der Waals surface area contributed by atoms with Crippen LogP contribution in [0.15, 0.2) is 56.8 Å². The zero-order chi connectivity index (χ0) is 27.6. The summed E-state index contributed by atoms with van der Waals surface area (Å²) in [6.45, 7) is 3.33. The van der Waals surface area contributed by atoms with Gasteiger partial charge in [-0.15, -0.1) is 0 Å². The van der Waals surface area contributed by atoms with Gasteiger partial charge in [0.15, 0.2) is 0 Å². The van der Waals surface area contributed by atoms with E-state index in [0.29, 0.717) is 24.2 Å². The summed E-state index contributed by atoms with van der Waals surface area (Å²) in [5.74, 6) is -0.528. The fourth-order valence-corrected chi connectivity index (χ4v) is 5.02. The Morgan fingerprint density at radius 2 is 1.72 bits per heavy atom. The van der Waals surface area contributed by atoms with Crippen molar-refractivity contribution in [3.05, 3.63) is 90.6 Å². The number of aryl methyl sites for hydroxylation is 2. The molecular weight excluding hydrogens is 501 g/mol. The van der Waals surface area contributed by atoms with Crippen molar-refractivity contribution in [2.75, 3.05) is 10.6 Å². The van der Waals surface area contributed by atoms with Gasteiger partial charge in [0, 0.05) is 30.3 Å². The fraction of sp³-hybridized carbons (Fsp3) is 0.310. The summed E-state index contributed by atoms with van der Waals surface area (Å²) in [5, 5.41) is 5.96. The van der Waals surface area contributed by atoms with Crippen molar-refractivity contribution in [2.24, 2.45) is 13.0 Å². The molecule has 2 aliphatic rings. The van der Waals surface area contributed by atoms with Crippen LogP contribution in [0.4, 0.5) is 21.6 Å². The number of hydrogen-bond donors (Lipinski definition) is 2. The average Bonchev–Trinajstić information content (AvgIpc) is 3.80. The zero-order valence-electron chi connectivity index (χ0n) is 21.9. The van der Waals surface area contributed by atoms with E-state index in [-0.39, 0.29) is 45.8 Å². The van der Waals surface area contributed by atoms with E-state index in [1.54, 1.807) is 50.2 Å². The van der Waals surface area contributed by atoms with E-state index < -0.39 is 22.6 Å². The van der Waals surface area contributed by atoms with Gasteiger partial charge in [-0.3, -0.25) is 28.1 Å². The molecule has 6 rings (SSSR count). The molecule has 0 bridgehead atoms. The predicted molar refractivity (Wildman–Crippen MR) is 148 cm³/mol. The number of fused-ring (bicyclic) bond motifs is 1. The largest absolute Gasteiger partial charge is 0.338 e. The van der Waals surface area contributed by atoms with E-state index in [1.807, 2.05) is 0 Å². The Labute approximate surface area is 222 Å². The molecule has 10 heteroatoms. The molecule has 2 heterocycles. The maximum Gasteiger partial charge on any atom is 0.336 e. The summed E-state index contributed by atoms with van der Waals surface area (Å²) in [6, 6.07) is 11.1. The third kappa shape index (κ3) is 4.25. The number of halogens is 1. The second-order valence-electron chi connectivity index (χ2n) is 10.5. The number of carbonyl (C=O) groups excluding carboxylic acids is 1. The molecule has 2 fully saturated rings. The first-order chi connectivity index (χ1) is 18.7. The quantitative estimate of drug-likeness (QED) is 0.392. The highest BCUT2D eigenvalue weighted by Gasteiger charge is 2.32. The number of aromatic nitrogens is 3. The first-order valence-corrected chi connectivity index (χ1v) is 13.0. The summed E-state index contributed by atoms with van der Waals surface area (Å²) in [6.07, 6.45) is 3.06. The number of carbonyl (C=O) groups is 1. The number of hydrogen-bond acceptors (Lipinski definition) is 5. The summed E-state index contributed by atoms with van der Waals surface area (Å²) < 4.78 is 18.7. The molecule has 0 aliphatic heterocycles. The molecule has 0 unspecified atom stereocenters. The van der Waals surface area contributed by atoms with Crippen LogP contribution < -0.4 is 27.4 Å². The molecule has 9 nitrogen and oxygen atoms in total. The summed E-state index contributed by atoms with van der Waals surface area (Å²) in [5.41, 5.74) is 0.530.